The fourth-order valence-electron chi connectivity index (χ4n) is 4.19. The van der Waals surface area contributed by atoms with Crippen LogP contribution in [0.25, 0.3) is 0 Å². The van der Waals surface area contributed by atoms with Gasteiger partial charge in [0.25, 0.3) is 0 Å². The van der Waals surface area contributed by atoms with Crippen molar-refractivity contribution in [3.05, 3.63) is 0 Å². The van der Waals surface area contributed by atoms with Gasteiger partial charge < -0.3 is 11.1 Å². The standard InChI is InChI=1S/C19H39N5.HI/c1-4-23-13-9-10-17(23)14-21-19(20)22-15-18(16(2)3)24-11-7-5-6-8-12-24;/h16-18H,4-15H2,1-3H3,(H3,20,21,22);1H. The summed E-state index contributed by atoms with van der Waals surface area (Å²) in [6, 6.07) is 1.14. The highest BCUT2D eigenvalue weighted by molar-refractivity contribution is 14.0. The number of guanidine groups is 1. The van der Waals surface area contributed by atoms with Crippen LogP contribution in [0, 0.1) is 5.92 Å². The predicted molar refractivity (Wildman–Crippen MR) is 119 cm³/mol. The monoisotopic (exact) mass is 465 g/mol. The molecule has 2 heterocycles. The summed E-state index contributed by atoms with van der Waals surface area (Å²) in [5.41, 5.74) is 6.15. The molecule has 2 aliphatic rings. The zero-order valence-corrected chi connectivity index (χ0v) is 18.9. The number of likely N-dealkylation sites (N-methyl/N-ethyl adjacent to an activating group) is 1. The minimum Gasteiger partial charge on any atom is -0.370 e. The predicted octanol–water partition coefficient (Wildman–Crippen LogP) is 2.89. The smallest absolute Gasteiger partial charge is 0.188 e. The van der Waals surface area contributed by atoms with Gasteiger partial charge in [-0.1, -0.05) is 33.6 Å². The number of nitrogens with one attached hydrogen (secondary N) is 1. The largest absolute Gasteiger partial charge is 0.370 e. The Morgan fingerprint density at radius 2 is 1.80 bits per heavy atom. The van der Waals surface area contributed by atoms with E-state index in [9.17, 15) is 0 Å². The third-order valence-electron chi connectivity index (χ3n) is 5.75. The van der Waals surface area contributed by atoms with Gasteiger partial charge in [-0.15, -0.1) is 24.0 Å². The molecule has 2 atom stereocenters. The molecule has 0 saturated carbocycles. The Bertz CT molecular complexity index is 380. The van der Waals surface area contributed by atoms with Crippen LogP contribution in [0.1, 0.15) is 59.3 Å². The topological polar surface area (TPSA) is 56.9 Å². The number of nitrogens with two attached hydrogens (primary N) is 1. The summed E-state index contributed by atoms with van der Waals surface area (Å²) in [4.78, 5) is 9.87. The first-order valence-corrected chi connectivity index (χ1v) is 10.1. The van der Waals surface area contributed by atoms with Crippen LogP contribution in [-0.2, 0) is 0 Å². The summed E-state index contributed by atoms with van der Waals surface area (Å²) in [6.07, 6.45) is 8.00. The first kappa shape index (κ1) is 23.0. The van der Waals surface area contributed by atoms with Gasteiger partial charge in [-0.2, -0.15) is 0 Å². The molecule has 0 radical (unpaired) electrons. The molecule has 2 rings (SSSR count). The molecular formula is C19H40IN5. The van der Waals surface area contributed by atoms with Crippen molar-refractivity contribution < 1.29 is 0 Å². The first-order valence-electron chi connectivity index (χ1n) is 10.1. The van der Waals surface area contributed by atoms with E-state index in [1.807, 2.05) is 0 Å². The summed E-state index contributed by atoms with van der Waals surface area (Å²) in [5, 5.41) is 3.37. The average molecular weight is 465 g/mol. The van der Waals surface area contributed by atoms with Crippen LogP contribution in [0.4, 0.5) is 0 Å². The molecule has 0 bridgehead atoms. The lowest BCUT2D eigenvalue weighted by Gasteiger charge is -2.32. The SMILES string of the molecule is CCN1CCCC1CNC(N)=NCC(C(C)C)N1CCCCCC1.I. The minimum atomic E-state index is 0. The van der Waals surface area contributed by atoms with Crippen LogP contribution in [0.5, 0.6) is 0 Å². The van der Waals surface area contributed by atoms with Gasteiger partial charge in [-0.3, -0.25) is 14.8 Å². The number of aliphatic imine (C=N–C) groups is 1. The van der Waals surface area contributed by atoms with E-state index >= 15 is 0 Å². The van der Waals surface area contributed by atoms with Crippen LogP contribution < -0.4 is 11.1 Å². The van der Waals surface area contributed by atoms with Gasteiger partial charge in [0.1, 0.15) is 0 Å². The Morgan fingerprint density at radius 3 is 2.40 bits per heavy atom. The molecule has 0 aromatic heterocycles. The summed E-state index contributed by atoms with van der Waals surface area (Å²) < 4.78 is 0. The number of halogens is 1. The zero-order chi connectivity index (χ0) is 17.4. The molecule has 2 unspecified atom stereocenters. The van der Waals surface area contributed by atoms with Crippen molar-refractivity contribution in [2.45, 2.75) is 71.4 Å². The van der Waals surface area contributed by atoms with Crippen LogP contribution in [0.3, 0.4) is 0 Å². The molecule has 3 N–H and O–H groups in total. The van der Waals surface area contributed by atoms with Crippen molar-refractivity contribution in [3.8, 4) is 0 Å². The van der Waals surface area contributed by atoms with Gasteiger partial charge in [-0.25, -0.2) is 0 Å². The summed E-state index contributed by atoms with van der Waals surface area (Å²) in [5.74, 6) is 1.24. The van der Waals surface area contributed by atoms with Crippen molar-refractivity contribution in [1.29, 1.82) is 0 Å². The van der Waals surface area contributed by atoms with Crippen LogP contribution in [0.2, 0.25) is 0 Å². The Balaban J connectivity index is 0.00000312. The lowest BCUT2D eigenvalue weighted by molar-refractivity contribution is 0.166. The summed E-state index contributed by atoms with van der Waals surface area (Å²) in [6.45, 7) is 13.4. The maximum Gasteiger partial charge on any atom is 0.188 e. The molecule has 0 spiro atoms. The van der Waals surface area contributed by atoms with Gasteiger partial charge in [0.2, 0.25) is 0 Å². The first-order chi connectivity index (χ1) is 11.6. The third-order valence-corrected chi connectivity index (χ3v) is 5.75. The van der Waals surface area contributed by atoms with Crippen LogP contribution in [0.15, 0.2) is 4.99 Å². The number of nitrogens with zero attached hydrogens (tertiary/aromatic N) is 3. The second-order valence-corrected chi connectivity index (χ2v) is 7.79. The van der Waals surface area contributed by atoms with E-state index in [0.717, 1.165) is 19.6 Å². The van der Waals surface area contributed by atoms with E-state index in [1.54, 1.807) is 0 Å². The highest BCUT2D eigenvalue weighted by atomic mass is 127. The molecule has 5 nitrogen and oxygen atoms in total. The van der Waals surface area contributed by atoms with E-state index in [-0.39, 0.29) is 24.0 Å². The molecule has 2 saturated heterocycles. The third kappa shape index (κ3) is 7.59. The highest BCUT2D eigenvalue weighted by Crippen LogP contribution is 2.18. The molecule has 148 valence electrons. The van der Waals surface area contributed by atoms with Crippen molar-refractivity contribution >= 4 is 29.9 Å². The minimum absolute atomic E-state index is 0. The van der Waals surface area contributed by atoms with E-state index in [4.69, 9.17) is 5.73 Å². The Kier molecular flexibility index (Phi) is 11.3. The maximum atomic E-state index is 6.15. The van der Waals surface area contributed by atoms with Gasteiger partial charge in [0, 0.05) is 18.6 Å². The summed E-state index contributed by atoms with van der Waals surface area (Å²) in [7, 11) is 0. The van der Waals surface area contributed by atoms with E-state index in [0.29, 0.717) is 24.0 Å². The van der Waals surface area contributed by atoms with E-state index < -0.39 is 0 Å². The van der Waals surface area contributed by atoms with Crippen molar-refractivity contribution in [2.24, 2.45) is 16.6 Å². The molecule has 2 fully saturated rings. The van der Waals surface area contributed by atoms with Gasteiger partial charge in [-0.05, 0) is 57.8 Å². The average Bonchev–Trinajstić information content (AvgIpc) is 2.86. The highest BCUT2D eigenvalue weighted by Gasteiger charge is 2.24. The van der Waals surface area contributed by atoms with Crippen LogP contribution in [-0.4, -0.2) is 67.1 Å². The molecule has 0 aromatic carbocycles. The molecular weight excluding hydrogens is 425 g/mol. The van der Waals surface area contributed by atoms with Gasteiger partial charge >= 0.3 is 0 Å². The maximum absolute atomic E-state index is 6.15. The second kappa shape index (κ2) is 12.3. The van der Waals surface area contributed by atoms with Crippen molar-refractivity contribution in [3.63, 3.8) is 0 Å². The molecule has 0 aliphatic carbocycles. The van der Waals surface area contributed by atoms with Gasteiger partial charge in [0.15, 0.2) is 5.96 Å². The fraction of sp³-hybridized carbons (Fsp3) is 0.947. The van der Waals surface area contributed by atoms with Crippen LogP contribution >= 0.6 is 24.0 Å². The Hall–Kier alpha value is -0.0800. The normalized spacial score (nSPS) is 24.8. The fourth-order valence-corrected chi connectivity index (χ4v) is 4.19. The number of likely N-dealkylation sites (tertiary alicyclic amines) is 2. The van der Waals surface area contributed by atoms with Gasteiger partial charge in [0.05, 0.1) is 6.54 Å². The zero-order valence-electron chi connectivity index (χ0n) is 16.5. The number of rotatable bonds is 7. The molecule has 2 aliphatic heterocycles. The molecule has 0 amide bonds. The molecule has 0 aromatic rings. The number of hydrogen-bond acceptors (Lipinski definition) is 3. The second-order valence-electron chi connectivity index (χ2n) is 7.79. The van der Waals surface area contributed by atoms with E-state index in [2.05, 4.69) is 40.9 Å². The quantitative estimate of drug-likeness (QED) is 0.345. The Morgan fingerprint density at radius 1 is 1.12 bits per heavy atom. The van der Waals surface area contributed by atoms with E-state index in [1.165, 1.54) is 58.2 Å². The Labute approximate surface area is 172 Å². The number of hydrogen-bond donors (Lipinski definition) is 2. The van der Waals surface area contributed by atoms with Crippen molar-refractivity contribution in [1.82, 2.24) is 15.1 Å². The summed E-state index contributed by atoms with van der Waals surface area (Å²) >= 11 is 0. The lowest BCUT2D eigenvalue weighted by atomic mass is 10.0. The molecule has 6 heteroatoms. The van der Waals surface area contributed by atoms with Crippen molar-refractivity contribution in [2.75, 3.05) is 39.3 Å². The molecule has 25 heavy (non-hydrogen) atoms. The lowest BCUT2D eigenvalue weighted by Crippen LogP contribution is -2.45.